The average Bonchev–Trinajstić information content (AvgIpc) is 2.36. The Labute approximate surface area is 114 Å². The molecule has 102 valence electrons. The highest BCUT2D eigenvalue weighted by Gasteiger charge is 2.14. The second-order valence-corrected chi connectivity index (χ2v) is 5.87. The van der Waals surface area contributed by atoms with Crippen molar-refractivity contribution in [3.63, 3.8) is 0 Å². The number of para-hydroxylation sites is 1. The molecule has 0 saturated heterocycles. The summed E-state index contributed by atoms with van der Waals surface area (Å²) >= 11 is 0. The molecule has 1 aromatic heterocycles. The van der Waals surface area contributed by atoms with E-state index in [1.165, 1.54) is 10.9 Å². The fraction of sp³-hybridized carbons (Fsp3) is 0.438. The highest BCUT2D eigenvalue weighted by Crippen LogP contribution is 2.17. The SMILES string of the molecule is CC(C)(C)OCC(N)Cc1ccnc2ccccc12. The predicted molar refractivity (Wildman–Crippen MR) is 79.1 cm³/mol. The van der Waals surface area contributed by atoms with Crippen LogP contribution in [0, 0.1) is 0 Å². The lowest BCUT2D eigenvalue weighted by molar-refractivity contribution is -0.00980. The van der Waals surface area contributed by atoms with Crippen molar-refractivity contribution >= 4 is 10.9 Å². The van der Waals surface area contributed by atoms with Gasteiger partial charge in [0.25, 0.3) is 0 Å². The molecule has 2 aromatic rings. The summed E-state index contributed by atoms with van der Waals surface area (Å²) in [4.78, 5) is 4.36. The molecule has 0 radical (unpaired) electrons. The summed E-state index contributed by atoms with van der Waals surface area (Å²) in [5.74, 6) is 0. The maximum atomic E-state index is 6.16. The van der Waals surface area contributed by atoms with Gasteiger partial charge in [0.15, 0.2) is 0 Å². The highest BCUT2D eigenvalue weighted by atomic mass is 16.5. The van der Waals surface area contributed by atoms with Crippen molar-refractivity contribution in [1.29, 1.82) is 0 Å². The number of nitrogens with two attached hydrogens (primary N) is 1. The molecule has 0 amide bonds. The van der Waals surface area contributed by atoms with Gasteiger partial charge in [-0.1, -0.05) is 18.2 Å². The zero-order chi connectivity index (χ0) is 13.9. The molecule has 0 aliphatic rings. The van der Waals surface area contributed by atoms with Gasteiger partial charge in [-0.3, -0.25) is 4.98 Å². The summed E-state index contributed by atoms with van der Waals surface area (Å²) in [7, 11) is 0. The van der Waals surface area contributed by atoms with E-state index in [0.717, 1.165) is 11.9 Å². The largest absolute Gasteiger partial charge is 0.374 e. The number of benzene rings is 1. The molecule has 0 bridgehead atoms. The Hall–Kier alpha value is -1.45. The van der Waals surface area contributed by atoms with Gasteiger partial charge in [0.05, 0.1) is 17.7 Å². The molecule has 1 unspecified atom stereocenters. The van der Waals surface area contributed by atoms with E-state index in [2.05, 4.69) is 11.1 Å². The molecule has 1 aromatic carbocycles. The lowest BCUT2D eigenvalue weighted by atomic mass is 10.0. The molecule has 1 atom stereocenters. The van der Waals surface area contributed by atoms with Crippen molar-refractivity contribution in [3.05, 3.63) is 42.1 Å². The van der Waals surface area contributed by atoms with Crippen molar-refractivity contribution in [2.24, 2.45) is 5.73 Å². The second-order valence-electron chi connectivity index (χ2n) is 5.87. The third-order valence-electron chi connectivity index (χ3n) is 2.95. The molecule has 1 heterocycles. The summed E-state index contributed by atoms with van der Waals surface area (Å²) < 4.78 is 5.73. The molecule has 3 nitrogen and oxygen atoms in total. The van der Waals surface area contributed by atoms with E-state index in [-0.39, 0.29) is 11.6 Å². The zero-order valence-corrected chi connectivity index (χ0v) is 11.9. The summed E-state index contributed by atoms with van der Waals surface area (Å²) in [6, 6.07) is 10.2. The van der Waals surface area contributed by atoms with Crippen LogP contribution in [-0.2, 0) is 11.2 Å². The minimum Gasteiger partial charge on any atom is -0.374 e. The van der Waals surface area contributed by atoms with Crippen LogP contribution in [0.5, 0.6) is 0 Å². The van der Waals surface area contributed by atoms with Gasteiger partial charge in [-0.05, 0) is 44.9 Å². The molecule has 0 fully saturated rings. The third kappa shape index (κ3) is 4.01. The molecule has 2 N–H and O–H groups in total. The first-order chi connectivity index (χ1) is 8.96. The molecule has 0 aliphatic carbocycles. The minimum absolute atomic E-state index is 0.00466. The van der Waals surface area contributed by atoms with Crippen molar-refractivity contribution in [1.82, 2.24) is 4.98 Å². The maximum Gasteiger partial charge on any atom is 0.0704 e. The van der Waals surface area contributed by atoms with Crippen LogP contribution in [-0.4, -0.2) is 23.2 Å². The van der Waals surface area contributed by atoms with Gasteiger partial charge in [0.1, 0.15) is 0 Å². The van der Waals surface area contributed by atoms with Gasteiger partial charge < -0.3 is 10.5 Å². The molecule has 3 heteroatoms. The molecule has 2 rings (SSSR count). The van der Waals surface area contributed by atoms with E-state index in [9.17, 15) is 0 Å². The Morgan fingerprint density at radius 2 is 1.95 bits per heavy atom. The van der Waals surface area contributed by atoms with Gasteiger partial charge in [0.2, 0.25) is 0 Å². The first-order valence-corrected chi connectivity index (χ1v) is 6.68. The summed E-state index contributed by atoms with van der Waals surface area (Å²) in [6.07, 6.45) is 2.65. The van der Waals surface area contributed by atoms with E-state index in [1.54, 1.807) is 0 Å². The zero-order valence-electron chi connectivity index (χ0n) is 11.9. The highest BCUT2D eigenvalue weighted by molar-refractivity contribution is 5.81. The van der Waals surface area contributed by atoms with E-state index in [4.69, 9.17) is 10.5 Å². The van der Waals surface area contributed by atoms with E-state index in [1.807, 2.05) is 51.2 Å². The number of nitrogens with zero attached hydrogens (tertiary/aromatic N) is 1. The number of rotatable bonds is 4. The smallest absolute Gasteiger partial charge is 0.0704 e. The molecular formula is C16H22N2O. The Morgan fingerprint density at radius 3 is 2.68 bits per heavy atom. The first kappa shape index (κ1) is 14.0. The topological polar surface area (TPSA) is 48.1 Å². The van der Waals surface area contributed by atoms with Crippen molar-refractivity contribution in [2.75, 3.05) is 6.61 Å². The van der Waals surface area contributed by atoms with Crippen LogP contribution in [0.25, 0.3) is 10.9 Å². The van der Waals surface area contributed by atoms with Gasteiger partial charge in [0, 0.05) is 17.6 Å². The fourth-order valence-electron chi connectivity index (χ4n) is 2.03. The lowest BCUT2D eigenvalue weighted by Gasteiger charge is -2.22. The maximum absolute atomic E-state index is 6.16. The van der Waals surface area contributed by atoms with Gasteiger partial charge >= 0.3 is 0 Å². The molecule has 19 heavy (non-hydrogen) atoms. The monoisotopic (exact) mass is 258 g/mol. The minimum atomic E-state index is -0.141. The molecule has 0 saturated carbocycles. The Bertz CT molecular complexity index is 540. The number of hydrogen-bond donors (Lipinski definition) is 1. The van der Waals surface area contributed by atoms with Crippen LogP contribution in [0.2, 0.25) is 0 Å². The van der Waals surface area contributed by atoms with Crippen LogP contribution in [0.4, 0.5) is 0 Å². The van der Waals surface area contributed by atoms with Gasteiger partial charge in [-0.2, -0.15) is 0 Å². The van der Waals surface area contributed by atoms with Gasteiger partial charge in [-0.25, -0.2) is 0 Å². The summed E-state index contributed by atoms with van der Waals surface area (Å²) in [5.41, 5.74) is 8.27. The van der Waals surface area contributed by atoms with Crippen LogP contribution in [0.1, 0.15) is 26.3 Å². The number of pyridine rings is 1. The lowest BCUT2D eigenvalue weighted by Crippen LogP contribution is -2.33. The predicted octanol–water partition coefficient (Wildman–Crippen LogP) is 2.92. The van der Waals surface area contributed by atoms with Crippen molar-refractivity contribution in [2.45, 2.75) is 38.8 Å². The molecule has 0 spiro atoms. The quantitative estimate of drug-likeness (QED) is 0.917. The van der Waals surface area contributed by atoms with E-state index in [0.29, 0.717) is 6.61 Å². The van der Waals surface area contributed by atoms with E-state index < -0.39 is 0 Å². The molecule has 0 aliphatic heterocycles. The molecular weight excluding hydrogens is 236 g/mol. The van der Waals surface area contributed by atoms with Crippen LogP contribution >= 0.6 is 0 Å². The average molecular weight is 258 g/mol. The van der Waals surface area contributed by atoms with E-state index >= 15 is 0 Å². The number of hydrogen-bond acceptors (Lipinski definition) is 3. The number of fused-ring (bicyclic) bond motifs is 1. The summed E-state index contributed by atoms with van der Waals surface area (Å²) in [5, 5.41) is 1.18. The van der Waals surface area contributed by atoms with Gasteiger partial charge in [-0.15, -0.1) is 0 Å². The standard InChI is InChI=1S/C16H22N2O/c1-16(2,3)19-11-13(17)10-12-8-9-18-15-7-5-4-6-14(12)15/h4-9,13H,10-11,17H2,1-3H3. The van der Waals surface area contributed by atoms with Crippen LogP contribution in [0.3, 0.4) is 0 Å². The number of ether oxygens (including phenoxy) is 1. The third-order valence-corrected chi connectivity index (χ3v) is 2.95. The Balaban J connectivity index is 2.09. The Morgan fingerprint density at radius 1 is 1.21 bits per heavy atom. The van der Waals surface area contributed by atoms with Crippen molar-refractivity contribution in [3.8, 4) is 0 Å². The first-order valence-electron chi connectivity index (χ1n) is 6.68. The van der Waals surface area contributed by atoms with Crippen molar-refractivity contribution < 1.29 is 4.74 Å². The fourth-order valence-corrected chi connectivity index (χ4v) is 2.03. The van der Waals surface area contributed by atoms with Crippen LogP contribution < -0.4 is 5.73 Å². The van der Waals surface area contributed by atoms with Crippen LogP contribution in [0.15, 0.2) is 36.5 Å². The normalized spacial score (nSPS) is 13.7. The number of aromatic nitrogens is 1. The second kappa shape index (κ2) is 5.68. The Kier molecular flexibility index (Phi) is 4.17. The summed E-state index contributed by atoms with van der Waals surface area (Å²) in [6.45, 7) is 6.70.